The molecule has 1 heterocycles. The molecule has 0 aromatic carbocycles. The fourth-order valence-electron chi connectivity index (χ4n) is 1.67. The molecule has 0 saturated carbocycles. The Morgan fingerprint density at radius 3 is 2.74 bits per heavy atom. The van der Waals surface area contributed by atoms with Crippen molar-refractivity contribution < 1.29 is 14.3 Å². The first kappa shape index (κ1) is 15.4. The van der Waals surface area contributed by atoms with E-state index in [-0.39, 0.29) is 5.97 Å². The molecule has 1 aromatic heterocycles. The summed E-state index contributed by atoms with van der Waals surface area (Å²) in [5, 5.41) is 0. The monoisotopic (exact) mass is 263 g/mol. The topological polar surface area (TPSA) is 48.4 Å². The summed E-state index contributed by atoms with van der Waals surface area (Å²) in [4.78, 5) is 15.3. The molecule has 1 rings (SSSR count). The maximum atomic E-state index is 11.3. The fraction of sp³-hybridized carbons (Fsp3) is 0.467. The summed E-state index contributed by atoms with van der Waals surface area (Å²) >= 11 is 0. The maximum absolute atomic E-state index is 11.3. The number of ether oxygens (including phenoxy) is 2. The van der Waals surface area contributed by atoms with Gasteiger partial charge in [-0.2, -0.15) is 0 Å². The number of esters is 1. The van der Waals surface area contributed by atoms with E-state index in [1.54, 1.807) is 18.5 Å². The SMILES string of the molecule is CCC(=CCOCCCc1ccncc1)C(=O)OC. The van der Waals surface area contributed by atoms with E-state index in [1.165, 1.54) is 12.7 Å². The van der Waals surface area contributed by atoms with E-state index in [2.05, 4.69) is 9.72 Å². The summed E-state index contributed by atoms with van der Waals surface area (Å²) in [5.41, 5.74) is 1.93. The van der Waals surface area contributed by atoms with Crippen molar-refractivity contribution in [3.63, 3.8) is 0 Å². The highest BCUT2D eigenvalue weighted by Gasteiger charge is 2.05. The largest absolute Gasteiger partial charge is 0.466 e. The molecular weight excluding hydrogens is 242 g/mol. The van der Waals surface area contributed by atoms with Crippen molar-refractivity contribution in [2.24, 2.45) is 0 Å². The lowest BCUT2D eigenvalue weighted by atomic mass is 10.1. The Kier molecular flexibility index (Phi) is 7.51. The first-order valence-electron chi connectivity index (χ1n) is 6.52. The van der Waals surface area contributed by atoms with Gasteiger partial charge in [-0.15, -0.1) is 0 Å². The Morgan fingerprint density at radius 2 is 2.11 bits per heavy atom. The quantitative estimate of drug-likeness (QED) is 0.411. The van der Waals surface area contributed by atoms with Crippen LogP contribution in [0.25, 0.3) is 0 Å². The molecule has 0 atom stereocenters. The number of pyridine rings is 1. The predicted molar refractivity (Wildman–Crippen MR) is 73.8 cm³/mol. The van der Waals surface area contributed by atoms with Crippen LogP contribution in [0.5, 0.6) is 0 Å². The zero-order valence-corrected chi connectivity index (χ0v) is 11.6. The van der Waals surface area contributed by atoms with Crippen LogP contribution in [0.3, 0.4) is 0 Å². The molecule has 4 nitrogen and oxygen atoms in total. The minimum Gasteiger partial charge on any atom is -0.466 e. The Hall–Kier alpha value is -1.68. The number of hydrogen-bond acceptors (Lipinski definition) is 4. The number of nitrogens with zero attached hydrogens (tertiary/aromatic N) is 1. The molecule has 4 heteroatoms. The highest BCUT2D eigenvalue weighted by molar-refractivity contribution is 5.88. The third-order valence-corrected chi connectivity index (χ3v) is 2.78. The van der Waals surface area contributed by atoms with Gasteiger partial charge < -0.3 is 9.47 Å². The molecule has 0 spiro atoms. The molecule has 0 aliphatic heterocycles. The van der Waals surface area contributed by atoms with Crippen molar-refractivity contribution in [3.05, 3.63) is 41.7 Å². The molecule has 19 heavy (non-hydrogen) atoms. The van der Waals surface area contributed by atoms with Crippen LogP contribution in [-0.2, 0) is 20.7 Å². The molecule has 0 unspecified atom stereocenters. The molecule has 0 amide bonds. The Morgan fingerprint density at radius 1 is 1.37 bits per heavy atom. The molecule has 0 aliphatic rings. The Balaban J connectivity index is 2.17. The van der Waals surface area contributed by atoms with Gasteiger partial charge in [-0.05, 0) is 43.0 Å². The molecule has 0 fully saturated rings. The number of carbonyl (C=O) groups is 1. The molecule has 1 aromatic rings. The van der Waals surface area contributed by atoms with Gasteiger partial charge >= 0.3 is 5.97 Å². The standard InChI is InChI=1S/C15H21NO3/c1-3-14(15(17)18-2)8-12-19-11-4-5-13-6-9-16-10-7-13/h6-10H,3-5,11-12H2,1-2H3. The van der Waals surface area contributed by atoms with Crippen LogP contribution in [0, 0.1) is 0 Å². The normalized spacial score (nSPS) is 11.4. The summed E-state index contributed by atoms with van der Waals surface area (Å²) in [6, 6.07) is 4.01. The van der Waals surface area contributed by atoms with Gasteiger partial charge in [0.15, 0.2) is 0 Å². The summed E-state index contributed by atoms with van der Waals surface area (Å²) in [7, 11) is 1.39. The molecule has 0 N–H and O–H groups in total. The van der Waals surface area contributed by atoms with Crippen molar-refractivity contribution in [2.45, 2.75) is 26.2 Å². The van der Waals surface area contributed by atoms with Gasteiger partial charge in [0, 0.05) is 24.6 Å². The van der Waals surface area contributed by atoms with Gasteiger partial charge in [0.1, 0.15) is 0 Å². The number of carbonyl (C=O) groups excluding carboxylic acids is 1. The van der Waals surface area contributed by atoms with Crippen molar-refractivity contribution in [3.8, 4) is 0 Å². The lowest BCUT2D eigenvalue weighted by molar-refractivity contribution is -0.136. The molecule has 0 bridgehead atoms. The van der Waals surface area contributed by atoms with E-state index in [4.69, 9.17) is 4.74 Å². The fourth-order valence-corrected chi connectivity index (χ4v) is 1.67. The predicted octanol–water partition coefficient (Wildman–Crippen LogP) is 2.54. The van der Waals surface area contributed by atoms with Crippen LogP contribution in [-0.4, -0.2) is 31.3 Å². The number of methoxy groups -OCH3 is 1. The van der Waals surface area contributed by atoms with Gasteiger partial charge in [0.05, 0.1) is 13.7 Å². The van der Waals surface area contributed by atoms with Gasteiger partial charge in [-0.1, -0.05) is 6.92 Å². The smallest absolute Gasteiger partial charge is 0.333 e. The number of aromatic nitrogens is 1. The van der Waals surface area contributed by atoms with E-state index in [0.717, 1.165) is 12.8 Å². The highest BCUT2D eigenvalue weighted by Crippen LogP contribution is 2.04. The van der Waals surface area contributed by atoms with Gasteiger partial charge in [0.25, 0.3) is 0 Å². The second-order valence-electron chi connectivity index (χ2n) is 4.11. The van der Waals surface area contributed by atoms with Crippen molar-refractivity contribution in [1.29, 1.82) is 0 Å². The molecule has 0 saturated heterocycles. The van der Waals surface area contributed by atoms with E-state index < -0.39 is 0 Å². The summed E-state index contributed by atoms with van der Waals surface area (Å²) < 4.78 is 10.2. The molecule has 0 radical (unpaired) electrons. The first-order chi connectivity index (χ1) is 9.27. The third kappa shape index (κ3) is 6.15. The number of rotatable bonds is 8. The maximum Gasteiger partial charge on any atom is 0.333 e. The van der Waals surface area contributed by atoms with E-state index >= 15 is 0 Å². The van der Waals surface area contributed by atoms with Crippen LogP contribution in [0.2, 0.25) is 0 Å². The summed E-state index contributed by atoms with van der Waals surface area (Å²) in [6.45, 7) is 3.05. The van der Waals surface area contributed by atoms with Gasteiger partial charge in [0.2, 0.25) is 0 Å². The van der Waals surface area contributed by atoms with Crippen LogP contribution < -0.4 is 0 Å². The minimum atomic E-state index is -0.275. The second-order valence-corrected chi connectivity index (χ2v) is 4.11. The first-order valence-corrected chi connectivity index (χ1v) is 6.52. The second kappa shape index (κ2) is 9.28. The van der Waals surface area contributed by atoms with Crippen LogP contribution in [0.15, 0.2) is 36.2 Å². The lowest BCUT2D eigenvalue weighted by Gasteiger charge is -2.04. The van der Waals surface area contributed by atoms with Crippen LogP contribution in [0.1, 0.15) is 25.3 Å². The number of aryl methyl sites for hydroxylation is 1. The molecular formula is C15H21NO3. The zero-order chi connectivity index (χ0) is 13.9. The summed E-state index contributed by atoms with van der Waals surface area (Å²) in [6.07, 6.45) is 7.97. The lowest BCUT2D eigenvalue weighted by Crippen LogP contribution is -2.06. The van der Waals surface area contributed by atoms with E-state index in [9.17, 15) is 4.79 Å². The average molecular weight is 263 g/mol. The third-order valence-electron chi connectivity index (χ3n) is 2.78. The number of hydrogen-bond donors (Lipinski definition) is 0. The van der Waals surface area contributed by atoms with E-state index in [0.29, 0.717) is 25.2 Å². The molecule has 0 aliphatic carbocycles. The van der Waals surface area contributed by atoms with Crippen LogP contribution >= 0.6 is 0 Å². The Labute approximate surface area is 114 Å². The van der Waals surface area contributed by atoms with Gasteiger partial charge in [-0.3, -0.25) is 4.98 Å². The highest BCUT2D eigenvalue weighted by atomic mass is 16.5. The van der Waals surface area contributed by atoms with Crippen molar-refractivity contribution >= 4 is 5.97 Å². The van der Waals surface area contributed by atoms with Crippen LogP contribution in [0.4, 0.5) is 0 Å². The van der Waals surface area contributed by atoms with Gasteiger partial charge in [-0.25, -0.2) is 4.79 Å². The van der Waals surface area contributed by atoms with E-state index in [1.807, 2.05) is 19.1 Å². The Bertz CT molecular complexity index is 401. The van der Waals surface area contributed by atoms with Crippen molar-refractivity contribution in [1.82, 2.24) is 4.98 Å². The minimum absolute atomic E-state index is 0.275. The van der Waals surface area contributed by atoms with Crippen molar-refractivity contribution in [2.75, 3.05) is 20.3 Å². The summed E-state index contributed by atoms with van der Waals surface area (Å²) in [5.74, 6) is -0.275. The average Bonchev–Trinajstić information content (AvgIpc) is 2.47. The zero-order valence-electron chi connectivity index (χ0n) is 11.6. The molecule has 104 valence electrons.